The topological polar surface area (TPSA) is 86.8 Å². The first kappa shape index (κ1) is 26.9. The van der Waals surface area contributed by atoms with E-state index < -0.39 is 16.1 Å². The molecule has 2 amide bonds. The molecular weight excluding hydrogens is 506 g/mol. The van der Waals surface area contributed by atoms with Crippen LogP contribution in [0.5, 0.6) is 0 Å². The number of amides is 2. The van der Waals surface area contributed by atoms with Gasteiger partial charge in [-0.25, -0.2) is 8.42 Å². The maximum Gasteiger partial charge on any atom is 0.242 e. The van der Waals surface area contributed by atoms with E-state index in [-0.39, 0.29) is 31.3 Å². The SMILES string of the molecule is CNC(=O)[C@@H](C)N(Cc1ccc(Br)cc1)C(=O)CCCN(c1ccc(C)c(C)c1)S(C)(=O)=O. The van der Waals surface area contributed by atoms with Crippen LogP contribution in [-0.2, 0) is 26.2 Å². The van der Waals surface area contributed by atoms with Crippen molar-refractivity contribution in [1.29, 1.82) is 0 Å². The molecule has 7 nitrogen and oxygen atoms in total. The number of hydrogen-bond donors (Lipinski definition) is 1. The number of rotatable bonds is 10. The number of benzene rings is 2. The highest BCUT2D eigenvalue weighted by atomic mass is 79.9. The molecule has 0 aliphatic heterocycles. The number of halogens is 1. The first-order valence-corrected chi connectivity index (χ1v) is 13.4. The molecule has 0 unspecified atom stereocenters. The molecule has 0 aromatic heterocycles. The fraction of sp³-hybridized carbons (Fsp3) is 0.417. The van der Waals surface area contributed by atoms with Crippen molar-refractivity contribution in [3.63, 3.8) is 0 Å². The molecule has 0 radical (unpaired) electrons. The van der Waals surface area contributed by atoms with Crippen LogP contribution in [0.3, 0.4) is 0 Å². The van der Waals surface area contributed by atoms with Gasteiger partial charge in [0.2, 0.25) is 21.8 Å². The largest absolute Gasteiger partial charge is 0.357 e. The van der Waals surface area contributed by atoms with Gasteiger partial charge in [-0.3, -0.25) is 13.9 Å². The second-order valence-corrected chi connectivity index (χ2v) is 11.0. The Morgan fingerprint density at radius 2 is 1.70 bits per heavy atom. The van der Waals surface area contributed by atoms with Crippen molar-refractivity contribution in [1.82, 2.24) is 10.2 Å². The summed E-state index contributed by atoms with van der Waals surface area (Å²) in [7, 11) is -1.98. The highest BCUT2D eigenvalue weighted by Crippen LogP contribution is 2.22. The van der Waals surface area contributed by atoms with Crippen LogP contribution in [0, 0.1) is 13.8 Å². The lowest BCUT2D eigenvalue weighted by atomic mass is 10.1. The predicted molar refractivity (Wildman–Crippen MR) is 136 cm³/mol. The first-order chi connectivity index (χ1) is 15.4. The van der Waals surface area contributed by atoms with E-state index in [1.54, 1.807) is 13.0 Å². The van der Waals surface area contributed by atoms with E-state index in [1.165, 1.54) is 16.3 Å². The van der Waals surface area contributed by atoms with Crippen LogP contribution in [0.15, 0.2) is 46.9 Å². The maximum absolute atomic E-state index is 13.1. The number of nitrogens with zero attached hydrogens (tertiary/aromatic N) is 2. The molecular formula is C24H32BrN3O4S. The fourth-order valence-corrected chi connectivity index (χ4v) is 4.68. The Morgan fingerprint density at radius 3 is 2.24 bits per heavy atom. The Kier molecular flexibility index (Phi) is 9.48. The number of nitrogens with one attached hydrogen (secondary N) is 1. The molecule has 1 N–H and O–H groups in total. The lowest BCUT2D eigenvalue weighted by Gasteiger charge is -2.29. The van der Waals surface area contributed by atoms with E-state index >= 15 is 0 Å². The number of aryl methyl sites for hydroxylation is 2. The van der Waals surface area contributed by atoms with E-state index in [2.05, 4.69) is 21.2 Å². The minimum Gasteiger partial charge on any atom is -0.357 e. The first-order valence-electron chi connectivity index (χ1n) is 10.7. The summed E-state index contributed by atoms with van der Waals surface area (Å²) in [5, 5.41) is 2.59. The van der Waals surface area contributed by atoms with E-state index in [0.717, 1.165) is 27.4 Å². The molecule has 9 heteroatoms. The van der Waals surface area contributed by atoms with Crippen LogP contribution in [0.25, 0.3) is 0 Å². The van der Waals surface area contributed by atoms with Gasteiger partial charge in [-0.1, -0.05) is 34.1 Å². The van der Waals surface area contributed by atoms with Crippen molar-refractivity contribution in [2.75, 3.05) is 24.2 Å². The summed E-state index contributed by atoms with van der Waals surface area (Å²) in [5.41, 5.74) is 3.56. The van der Waals surface area contributed by atoms with Crippen molar-refractivity contribution in [2.45, 2.75) is 46.2 Å². The quantitative estimate of drug-likeness (QED) is 0.499. The average molecular weight is 539 g/mol. The minimum atomic E-state index is -3.51. The zero-order valence-electron chi connectivity index (χ0n) is 19.8. The zero-order valence-corrected chi connectivity index (χ0v) is 22.2. The molecule has 0 saturated heterocycles. The van der Waals surface area contributed by atoms with Gasteiger partial charge in [-0.2, -0.15) is 0 Å². The molecule has 2 aromatic carbocycles. The minimum absolute atomic E-state index is 0.120. The van der Waals surface area contributed by atoms with Crippen LogP contribution >= 0.6 is 15.9 Å². The number of carbonyl (C=O) groups is 2. The third-order valence-electron chi connectivity index (χ3n) is 5.61. The van der Waals surface area contributed by atoms with E-state index in [1.807, 2.05) is 50.2 Å². The molecule has 0 saturated carbocycles. The van der Waals surface area contributed by atoms with Crippen LogP contribution in [-0.4, -0.2) is 51.0 Å². The number of anilines is 1. The molecule has 180 valence electrons. The van der Waals surface area contributed by atoms with Crippen molar-refractivity contribution < 1.29 is 18.0 Å². The van der Waals surface area contributed by atoms with Crippen molar-refractivity contribution >= 4 is 43.5 Å². The van der Waals surface area contributed by atoms with Crippen LogP contribution in [0.1, 0.15) is 36.5 Å². The van der Waals surface area contributed by atoms with Gasteiger partial charge >= 0.3 is 0 Å². The summed E-state index contributed by atoms with van der Waals surface area (Å²) in [4.78, 5) is 26.9. The molecule has 1 atom stereocenters. The Labute approximate surface area is 205 Å². The molecule has 0 spiro atoms. The highest BCUT2D eigenvalue weighted by Gasteiger charge is 2.26. The third kappa shape index (κ3) is 7.57. The maximum atomic E-state index is 13.1. The number of carbonyl (C=O) groups excluding carboxylic acids is 2. The van der Waals surface area contributed by atoms with Gasteiger partial charge in [0.15, 0.2) is 0 Å². The van der Waals surface area contributed by atoms with E-state index in [9.17, 15) is 18.0 Å². The van der Waals surface area contributed by atoms with E-state index in [4.69, 9.17) is 0 Å². The van der Waals surface area contributed by atoms with Crippen LogP contribution < -0.4 is 9.62 Å². The van der Waals surface area contributed by atoms with E-state index in [0.29, 0.717) is 12.1 Å². The molecule has 2 rings (SSSR count). The van der Waals surface area contributed by atoms with Crippen LogP contribution in [0.4, 0.5) is 5.69 Å². The van der Waals surface area contributed by atoms with Gasteiger partial charge in [0.25, 0.3) is 0 Å². The molecule has 2 aromatic rings. The van der Waals surface area contributed by atoms with Gasteiger partial charge in [0.05, 0.1) is 11.9 Å². The monoisotopic (exact) mass is 537 g/mol. The van der Waals surface area contributed by atoms with Crippen molar-refractivity contribution in [3.8, 4) is 0 Å². The summed E-state index contributed by atoms with van der Waals surface area (Å²) in [6.45, 7) is 6.05. The normalized spacial score (nSPS) is 12.2. The summed E-state index contributed by atoms with van der Waals surface area (Å²) in [6, 6.07) is 12.4. The van der Waals surface area contributed by atoms with Gasteiger partial charge in [0, 0.05) is 31.0 Å². The highest BCUT2D eigenvalue weighted by molar-refractivity contribution is 9.10. The summed E-state index contributed by atoms with van der Waals surface area (Å²) < 4.78 is 27.1. The second-order valence-electron chi connectivity index (χ2n) is 8.15. The summed E-state index contributed by atoms with van der Waals surface area (Å²) in [6.07, 6.45) is 1.61. The Hall–Kier alpha value is -2.39. The van der Waals surface area contributed by atoms with Crippen molar-refractivity contribution in [2.24, 2.45) is 0 Å². The summed E-state index contributed by atoms with van der Waals surface area (Å²) in [5.74, 6) is -0.462. The molecule has 0 aliphatic rings. The fourth-order valence-electron chi connectivity index (χ4n) is 3.46. The average Bonchev–Trinajstić information content (AvgIpc) is 2.76. The second kappa shape index (κ2) is 11.7. The predicted octanol–water partition coefficient (Wildman–Crippen LogP) is 3.78. The molecule has 33 heavy (non-hydrogen) atoms. The molecule has 0 aliphatic carbocycles. The number of sulfonamides is 1. The lowest BCUT2D eigenvalue weighted by molar-refractivity contribution is -0.140. The lowest BCUT2D eigenvalue weighted by Crippen LogP contribution is -2.46. The van der Waals surface area contributed by atoms with Gasteiger partial charge in [0.1, 0.15) is 6.04 Å². The molecule has 0 heterocycles. The van der Waals surface area contributed by atoms with Gasteiger partial charge in [-0.15, -0.1) is 0 Å². The van der Waals surface area contributed by atoms with Gasteiger partial charge < -0.3 is 10.2 Å². The Bertz CT molecular complexity index is 1090. The number of likely N-dealkylation sites (N-methyl/N-ethyl adjacent to an activating group) is 1. The van der Waals surface area contributed by atoms with Gasteiger partial charge in [-0.05, 0) is 68.1 Å². The summed E-state index contributed by atoms with van der Waals surface area (Å²) >= 11 is 3.40. The molecule has 0 bridgehead atoms. The smallest absolute Gasteiger partial charge is 0.242 e. The zero-order chi connectivity index (χ0) is 24.8. The number of hydrogen-bond acceptors (Lipinski definition) is 4. The third-order valence-corrected chi connectivity index (χ3v) is 7.33. The standard InChI is InChI=1S/C24H32BrN3O4S/c1-17-8-13-22(15-18(17)2)28(33(5,31)32)14-6-7-23(29)27(19(3)24(30)26-4)16-20-9-11-21(25)12-10-20/h8-13,15,19H,6-7,14,16H2,1-5H3,(H,26,30)/t19-/m1/s1. The molecule has 0 fully saturated rings. The van der Waals surface area contributed by atoms with Crippen LogP contribution in [0.2, 0.25) is 0 Å². The Morgan fingerprint density at radius 1 is 1.06 bits per heavy atom. The Balaban J connectivity index is 2.15. The van der Waals surface area contributed by atoms with Crippen molar-refractivity contribution in [3.05, 3.63) is 63.6 Å².